The first-order valence-electron chi connectivity index (χ1n) is 6.51. The van der Waals surface area contributed by atoms with Crippen LogP contribution in [0.2, 0.25) is 0 Å². The Morgan fingerprint density at radius 2 is 1.79 bits per heavy atom. The highest BCUT2D eigenvalue weighted by Gasteiger charge is 2.12. The molecule has 0 aromatic heterocycles. The van der Waals surface area contributed by atoms with Gasteiger partial charge in [-0.1, -0.05) is 24.3 Å². The summed E-state index contributed by atoms with van der Waals surface area (Å²) in [5, 5.41) is 3.51. The first-order valence-corrected chi connectivity index (χ1v) is 6.51. The first kappa shape index (κ1) is 11.8. The number of nitrogens with zero attached hydrogens (tertiary/aromatic N) is 1. The van der Waals surface area contributed by atoms with Crippen LogP contribution in [0.15, 0.2) is 47.5 Å². The van der Waals surface area contributed by atoms with Crippen LogP contribution in [0, 0.1) is 0 Å². The van der Waals surface area contributed by atoms with E-state index in [1.807, 2.05) is 6.07 Å². The van der Waals surface area contributed by atoms with Gasteiger partial charge in [0.2, 0.25) is 0 Å². The van der Waals surface area contributed by atoms with Crippen molar-refractivity contribution in [3.63, 3.8) is 0 Å². The van der Waals surface area contributed by atoms with Gasteiger partial charge in [0, 0.05) is 11.4 Å². The van der Waals surface area contributed by atoms with E-state index in [9.17, 15) is 0 Å². The molecule has 0 radical (unpaired) electrons. The number of nitrogens with one attached hydrogen (secondary N) is 1. The molecule has 96 valence electrons. The summed E-state index contributed by atoms with van der Waals surface area (Å²) in [5.41, 5.74) is 11.5. The summed E-state index contributed by atoms with van der Waals surface area (Å²) in [7, 11) is 0. The van der Waals surface area contributed by atoms with Gasteiger partial charge in [-0.25, -0.2) is 4.99 Å². The van der Waals surface area contributed by atoms with Crippen LogP contribution in [0.25, 0.3) is 0 Å². The molecule has 1 aliphatic heterocycles. The van der Waals surface area contributed by atoms with Gasteiger partial charge in [0.25, 0.3) is 0 Å². The predicted octanol–water partition coefficient (Wildman–Crippen LogP) is 3.54. The number of anilines is 2. The quantitative estimate of drug-likeness (QED) is 0.601. The third-order valence-electron chi connectivity index (χ3n) is 3.35. The summed E-state index contributed by atoms with van der Waals surface area (Å²) in [6.45, 7) is 1.80. The van der Waals surface area contributed by atoms with Crippen molar-refractivity contribution in [2.24, 2.45) is 10.7 Å². The maximum Gasteiger partial charge on any atom is 0.0964 e. The number of hydrogen-bond donors (Lipinski definition) is 2. The van der Waals surface area contributed by atoms with E-state index < -0.39 is 0 Å². The van der Waals surface area contributed by atoms with E-state index in [0.29, 0.717) is 5.84 Å². The number of hydrogen-bond acceptors (Lipinski definition) is 2. The molecule has 19 heavy (non-hydrogen) atoms. The molecule has 1 aliphatic rings. The number of aryl methyl sites for hydroxylation is 2. The van der Waals surface area contributed by atoms with Crippen molar-refractivity contribution < 1.29 is 0 Å². The summed E-state index contributed by atoms with van der Waals surface area (Å²) < 4.78 is 0. The zero-order valence-electron chi connectivity index (χ0n) is 11.0. The summed E-state index contributed by atoms with van der Waals surface area (Å²) in [6, 6.07) is 14.7. The molecule has 0 aliphatic carbocycles. The van der Waals surface area contributed by atoms with E-state index in [1.165, 1.54) is 16.8 Å². The zero-order chi connectivity index (χ0) is 13.2. The van der Waals surface area contributed by atoms with Crippen molar-refractivity contribution in [2.45, 2.75) is 19.8 Å². The lowest BCUT2D eigenvalue weighted by Crippen LogP contribution is -2.03. The molecule has 3 nitrogen and oxygen atoms in total. The monoisotopic (exact) mass is 251 g/mol. The van der Waals surface area contributed by atoms with Gasteiger partial charge in [-0.2, -0.15) is 0 Å². The maximum atomic E-state index is 5.64. The van der Waals surface area contributed by atoms with Crippen LogP contribution >= 0.6 is 0 Å². The van der Waals surface area contributed by atoms with Crippen LogP contribution in [0.1, 0.15) is 18.1 Å². The Bertz CT molecular complexity index is 640. The standard InChI is InChI=1S/C16H17N3/c1-11(17)18-14-9-8-13-7-6-12-4-2-3-5-15(12)19-16(13)10-14/h2-5,8-10,19H,6-7H2,1H3,(H2,17,18). The maximum absolute atomic E-state index is 5.64. The van der Waals surface area contributed by atoms with Crippen LogP contribution in [0.5, 0.6) is 0 Å². The number of amidine groups is 1. The minimum Gasteiger partial charge on any atom is -0.387 e. The third-order valence-corrected chi connectivity index (χ3v) is 3.35. The smallest absolute Gasteiger partial charge is 0.0964 e. The van der Waals surface area contributed by atoms with E-state index in [1.54, 1.807) is 6.92 Å². The fourth-order valence-corrected chi connectivity index (χ4v) is 2.45. The molecule has 2 aromatic rings. The van der Waals surface area contributed by atoms with Gasteiger partial charge in [-0.3, -0.25) is 0 Å². The number of fused-ring (bicyclic) bond motifs is 2. The van der Waals surface area contributed by atoms with Crippen molar-refractivity contribution in [3.05, 3.63) is 53.6 Å². The minimum atomic E-state index is 0.578. The second-order valence-electron chi connectivity index (χ2n) is 4.88. The van der Waals surface area contributed by atoms with Gasteiger partial charge in [-0.15, -0.1) is 0 Å². The van der Waals surface area contributed by atoms with E-state index in [4.69, 9.17) is 5.73 Å². The molecule has 2 aromatic carbocycles. The highest BCUT2D eigenvalue weighted by Crippen LogP contribution is 2.32. The molecule has 1 heterocycles. The third kappa shape index (κ3) is 2.45. The Morgan fingerprint density at radius 3 is 2.58 bits per heavy atom. The van der Waals surface area contributed by atoms with Crippen molar-refractivity contribution in [2.75, 3.05) is 5.32 Å². The zero-order valence-corrected chi connectivity index (χ0v) is 11.0. The minimum absolute atomic E-state index is 0.578. The van der Waals surface area contributed by atoms with Gasteiger partial charge < -0.3 is 11.1 Å². The fraction of sp³-hybridized carbons (Fsp3) is 0.188. The lowest BCUT2D eigenvalue weighted by Gasteiger charge is -2.10. The number of nitrogens with two attached hydrogens (primary N) is 1. The largest absolute Gasteiger partial charge is 0.387 e. The number of para-hydroxylation sites is 1. The molecule has 0 spiro atoms. The molecule has 3 N–H and O–H groups in total. The van der Waals surface area contributed by atoms with Gasteiger partial charge in [0.15, 0.2) is 0 Å². The molecule has 0 fully saturated rings. The molecular formula is C16H17N3. The summed E-state index contributed by atoms with van der Waals surface area (Å²) in [4.78, 5) is 4.31. The fourth-order valence-electron chi connectivity index (χ4n) is 2.45. The average Bonchev–Trinajstić information content (AvgIpc) is 2.56. The van der Waals surface area contributed by atoms with Gasteiger partial charge in [0.1, 0.15) is 0 Å². The van der Waals surface area contributed by atoms with Crippen molar-refractivity contribution in [3.8, 4) is 0 Å². The van der Waals surface area contributed by atoms with Crippen molar-refractivity contribution in [1.29, 1.82) is 0 Å². The van der Waals surface area contributed by atoms with Crippen LogP contribution in [-0.4, -0.2) is 5.84 Å². The van der Waals surface area contributed by atoms with Gasteiger partial charge in [0.05, 0.1) is 11.5 Å². The average molecular weight is 251 g/mol. The molecule has 0 saturated carbocycles. The van der Waals surface area contributed by atoms with Gasteiger partial charge in [-0.05, 0) is 49.1 Å². The topological polar surface area (TPSA) is 50.4 Å². The first-order chi connectivity index (χ1) is 9.22. The van der Waals surface area contributed by atoms with E-state index in [-0.39, 0.29) is 0 Å². The Balaban J connectivity index is 2.02. The SMILES string of the molecule is CC(N)=Nc1ccc2c(c1)Nc1ccccc1CC2. The van der Waals surface area contributed by atoms with Crippen LogP contribution < -0.4 is 11.1 Å². The van der Waals surface area contributed by atoms with Crippen molar-refractivity contribution >= 4 is 22.9 Å². The summed E-state index contributed by atoms with van der Waals surface area (Å²) >= 11 is 0. The highest BCUT2D eigenvalue weighted by molar-refractivity contribution is 5.81. The molecule has 0 amide bonds. The van der Waals surface area contributed by atoms with Crippen molar-refractivity contribution in [1.82, 2.24) is 0 Å². The lowest BCUT2D eigenvalue weighted by molar-refractivity contribution is 0.977. The second-order valence-corrected chi connectivity index (χ2v) is 4.88. The Hall–Kier alpha value is -2.29. The Labute approximate surface area is 113 Å². The predicted molar refractivity (Wildman–Crippen MR) is 80.5 cm³/mol. The van der Waals surface area contributed by atoms with E-state index >= 15 is 0 Å². The Morgan fingerprint density at radius 1 is 1.05 bits per heavy atom. The van der Waals surface area contributed by atoms with E-state index in [2.05, 4.69) is 46.7 Å². The molecule has 0 bridgehead atoms. The van der Waals surface area contributed by atoms with Gasteiger partial charge >= 0.3 is 0 Å². The number of aliphatic imine (C=N–C) groups is 1. The number of benzene rings is 2. The molecule has 0 atom stereocenters. The molecule has 3 rings (SSSR count). The van der Waals surface area contributed by atoms with Crippen LogP contribution in [0.3, 0.4) is 0 Å². The number of rotatable bonds is 1. The Kier molecular flexibility index (Phi) is 2.95. The second kappa shape index (κ2) is 4.76. The molecule has 0 unspecified atom stereocenters. The lowest BCUT2D eigenvalue weighted by atomic mass is 10.0. The molecule has 0 saturated heterocycles. The molecular weight excluding hydrogens is 234 g/mol. The molecule has 3 heteroatoms. The summed E-state index contributed by atoms with van der Waals surface area (Å²) in [6.07, 6.45) is 2.11. The summed E-state index contributed by atoms with van der Waals surface area (Å²) in [5.74, 6) is 0.578. The van der Waals surface area contributed by atoms with Crippen LogP contribution in [0.4, 0.5) is 17.1 Å². The normalized spacial score (nSPS) is 14.1. The van der Waals surface area contributed by atoms with Crippen LogP contribution in [-0.2, 0) is 12.8 Å². The van der Waals surface area contributed by atoms with E-state index in [0.717, 1.165) is 24.2 Å². The highest BCUT2D eigenvalue weighted by atomic mass is 14.9.